The Labute approximate surface area is 56.8 Å². The van der Waals surface area contributed by atoms with E-state index in [1.54, 1.807) is 0 Å². The van der Waals surface area contributed by atoms with Gasteiger partial charge in [-0.3, -0.25) is 0 Å². The van der Waals surface area contributed by atoms with Crippen LogP contribution in [0.2, 0.25) is 0 Å². The van der Waals surface area contributed by atoms with Crippen LogP contribution in [0.1, 0.15) is 25.7 Å². The van der Waals surface area contributed by atoms with E-state index in [0.717, 1.165) is 11.8 Å². The van der Waals surface area contributed by atoms with E-state index in [0.29, 0.717) is 0 Å². The molecule has 52 valence electrons. The van der Waals surface area contributed by atoms with E-state index in [1.807, 2.05) is 0 Å². The zero-order chi connectivity index (χ0) is 6.10. The zero-order valence-corrected chi connectivity index (χ0v) is 5.90. The molecule has 1 heterocycles. The lowest BCUT2D eigenvalue weighted by Gasteiger charge is -2.34. The largest absolute Gasteiger partial charge is 0.316 e. The predicted octanol–water partition coefficient (Wildman–Crippen LogP) is 1.40. The van der Waals surface area contributed by atoms with E-state index in [9.17, 15) is 0 Å². The highest BCUT2D eigenvalue weighted by molar-refractivity contribution is 4.80. The van der Waals surface area contributed by atoms with Gasteiger partial charge in [-0.2, -0.15) is 0 Å². The van der Waals surface area contributed by atoms with Gasteiger partial charge in [-0.15, -0.1) is 0 Å². The summed E-state index contributed by atoms with van der Waals surface area (Å²) in [7, 11) is 0. The molecule has 1 aliphatic carbocycles. The van der Waals surface area contributed by atoms with Crippen molar-refractivity contribution in [1.29, 1.82) is 0 Å². The molecule has 1 nitrogen and oxygen atoms in total. The molecule has 0 spiro atoms. The number of hydrogen-bond donors (Lipinski definition) is 1. The summed E-state index contributed by atoms with van der Waals surface area (Å²) in [6.45, 7) is 2.60. The summed E-state index contributed by atoms with van der Waals surface area (Å²) >= 11 is 0. The van der Waals surface area contributed by atoms with Gasteiger partial charge in [0.1, 0.15) is 0 Å². The van der Waals surface area contributed by atoms with Crippen molar-refractivity contribution in [1.82, 2.24) is 5.32 Å². The maximum absolute atomic E-state index is 3.49. The van der Waals surface area contributed by atoms with E-state index in [4.69, 9.17) is 0 Å². The zero-order valence-electron chi connectivity index (χ0n) is 5.90. The topological polar surface area (TPSA) is 12.0 Å². The van der Waals surface area contributed by atoms with Crippen molar-refractivity contribution in [2.75, 3.05) is 13.1 Å². The van der Waals surface area contributed by atoms with Crippen LogP contribution in [0, 0.1) is 11.8 Å². The van der Waals surface area contributed by atoms with Gasteiger partial charge in [-0.25, -0.2) is 0 Å². The lowest BCUT2D eigenvalue weighted by atomic mass is 9.79. The number of nitrogens with one attached hydrogen (secondary N) is 1. The Morgan fingerprint density at radius 3 is 2.22 bits per heavy atom. The van der Waals surface area contributed by atoms with Crippen LogP contribution in [-0.2, 0) is 0 Å². The first kappa shape index (κ1) is 5.72. The van der Waals surface area contributed by atoms with Crippen LogP contribution in [0.25, 0.3) is 0 Å². The predicted molar refractivity (Wildman–Crippen MR) is 38.3 cm³/mol. The molecule has 2 fully saturated rings. The molecule has 1 aliphatic heterocycles. The molecule has 1 N–H and O–H groups in total. The molecule has 9 heavy (non-hydrogen) atoms. The van der Waals surface area contributed by atoms with Gasteiger partial charge in [0.2, 0.25) is 0 Å². The third-order valence-electron chi connectivity index (χ3n) is 2.76. The van der Waals surface area contributed by atoms with Crippen molar-refractivity contribution >= 4 is 0 Å². The molecule has 1 saturated heterocycles. The third-order valence-corrected chi connectivity index (χ3v) is 2.76. The van der Waals surface area contributed by atoms with Gasteiger partial charge >= 0.3 is 0 Å². The molecule has 2 rings (SSSR count). The van der Waals surface area contributed by atoms with Crippen LogP contribution >= 0.6 is 0 Å². The molecule has 2 atom stereocenters. The molecular weight excluding hydrogens is 110 g/mol. The fraction of sp³-hybridized carbons (Fsp3) is 1.00. The SMILES string of the molecule is C1C[C@@H]2CNC[C@@H](C1)C2. The first-order valence-corrected chi connectivity index (χ1v) is 4.16. The van der Waals surface area contributed by atoms with Crippen molar-refractivity contribution < 1.29 is 0 Å². The van der Waals surface area contributed by atoms with Crippen molar-refractivity contribution in [2.24, 2.45) is 11.8 Å². The lowest BCUT2D eigenvalue weighted by Crippen LogP contribution is -2.38. The fourth-order valence-electron chi connectivity index (χ4n) is 2.26. The summed E-state index contributed by atoms with van der Waals surface area (Å²) in [4.78, 5) is 0. The average Bonchev–Trinajstić information content (AvgIpc) is 1.88. The molecular formula is C8H15N. The Kier molecular flexibility index (Phi) is 1.46. The molecule has 2 bridgehead atoms. The van der Waals surface area contributed by atoms with Gasteiger partial charge < -0.3 is 5.32 Å². The van der Waals surface area contributed by atoms with E-state index < -0.39 is 0 Å². The molecule has 0 aromatic carbocycles. The van der Waals surface area contributed by atoms with E-state index >= 15 is 0 Å². The molecule has 0 radical (unpaired) electrons. The quantitative estimate of drug-likeness (QED) is 0.516. The van der Waals surface area contributed by atoms with Crippen LogP contribution in [-0.4, -0.2) is 13.1 Å². The first-order valence-electron chi connectivity index (χ1n) is 4.16. The molecule has 0 aromatic rings. The highest BCUT2D eigenvalue weighted by Gasteiger charge is 2.24. The Bertz CT molecular complexity index is 80.7. The van der Waals surface area contributed by atoms with Crippen molar-refractivity contribution in [3.05, 3.63) is 0 Å². The van der Waals surface area contributed by atoms with Crippen molar-refractivity contribution in [2.45, 2.75) is 25.7 Å². The minimum atomic E-state index is 1.04. The van der Waals surface area contributed by atoms with Crippen molar-refractivity contribution in [3.8, 4) is 0 Å². The maximum Gasteiger partial charge on any atom is -0.00203 e. The second-order valence-electron chi connectivity index (χ2n) is 3.56. The van der Waals surface area contributed by atoms with Gasteiger partial charge in [-0.05, 0) is 44.2 Å². The summed E-state index contributed by atoms with van der Waals surface area (Å²) in [5, 5.41) is 3.49. The monoisotopic (exact) mass is 125 g/mol. The highest BCUT2D eigenvalue weighted by atomic mass is 14.9. The lowest BCUT2D eigenvalue weighted by molar-refractivity contribution is 0.208. The van der Waals surface area contributed by atoms with Gasteiger partial charge in [0, 0.05) is 0 Å². The standard InChI is InChI=1S/C8H15N/c1-2-7-4-8(3-1)6-9-5-7/h7-9H,1-6H2/t7-,8-/m0/s1. The second-order valence-corrected chi connectivity index (χ2v) is 3.56. The Morgan fingerprint density at radius 2 is 1.67 bits per heavy atom. The van der Waals surface area contributed by atoms with E-state index in [2.05, 4.69) is 5.32 Å². The minimum Gasteiger partial charge on any atom is -0.316 e. The van der Waals surface area contributed by atoms with Crippen LogP contribution in [0.15, 0.2) is 0 Å². The molecule has 1 saturated carbocycles. The smallest absolute Gasteiger partial charge is 0.00203 e. The average molecular weight is 125 g/mol. The molecule has 0 unspecified atom stereocenters. The number of rotatable bonds is 0. The van der Waals surface area contributed by atoms with E-state index in [-0.39, 0.29) is 0 Å². The summed E-state index contributed by atoms with van der Waals surface area (Å²) in [5.41, 5.74) is 0. The Balaban J connectivity index is 1.96. The normalized spacial score (nSPS) is 42.7. The van der Waals surface area contributed by atoms with Crippen LogP contribution in [0.3, 0.4) is 0 Å². The third kappa shape index (κ3) is 1.11. The first-order chi connectivity index (χ1) is 4.45. The van der Waals surface area contributed by atoms with Gasteiger partial charge in [0.05, 0.1) is 0 Å². The van der Waals surface area contributed by atoms with Crippen LogP contribution in [0.4, 0.5) is 0 Å². The fourth-order valence-corrected chi connectivity index (χ4v) is 2.26. The highest BCUT2D eigenvalue weighted by Crippen LogP contribution is 2.30. The van der Waals surface area contributed by atoms with Gasteiger partial charge in [-0.1, -0.05) is 6.42 Å². The summed E-state index contributed by atoms with van der Waals surface area (Å²) in [6.07, 6.45) is 6.00. The van der Waals surface area contributed by atoms with Gasteiger partial charge in [0.25, 0.3) is 0 Å². The molecule has 0 amide bonds. The number of piperidine rings is 1. The summed E-state index contributed by atoms with van der Waals surface area (Å²) < 4.78 is 0. The summed E-state index contributed by atoms with van der Waals surface area (Å²) in [6, 6.07) is 0. The second kappa shape index (κ2) is 2.30. The number of fused-ring (bicyclic) bond motifs is 2. The summed E-state index contributed by atoms with van der Waals surface area (Å²) in [5.74, 6) is 2.08. The molecule has 2 aliphatic rings. The Morgan fingerprint density at radius 1 is 1.00 bits per heavy atom. The van der Waals surface area contributed by atoms with E-state index in [1.165, 1.54) is 38.8 Å². The Hall–Kier alpha value is -0.0400. The molecule has 0 aromatic heterocycles. The minimum absolute atomic E-state index is 1.04. The maximum atomic E-state index is 3.49. The molecule has 1 heteroatoms. The van der Waals surface area contributed by atoms with Crippen LogP contribution < -0.4 is 5.32 Å². The number of hydrogen-bond acceptors (Lipinski definition) is 1. The van der Waals surface area contributed by atoms with Crippen LogP contribution in [0.5, 0.6) is 0 Å². The van der Waals surface area contributed by atoms with Gasteiger partial charge in [0.15, 0.2) is 0 Å². The van der Waals surface area contributed by atoms with Crippen molar-refractivity contribution in [3.63, 3.8) is 0 Å².